The third-order valence-corrected chi connectivity index (χ3v) is 4.62. The molecule has 0 amide bonds. The lowest BCUT2D eigenvalue weighted by atomic mass is 9.78. The number of hydrogen-bond donors (Lipinski definition) is 0. The van der Waals surface area contributed by atoms with Crippen molar-refractivity contribution in [2.24, 2.45) is 0 Å². The van der Waals surface area contributed by atoms with Gasteiger partial charge in [-0.1, -0.05) is 48.5 Å². The van der Waals surface area contributed by atoms with Gasteiger partial charge in [0.25, 0.3) is 0 Å². The number of hydrogen-bond acceptors (Lipinski definition) is 2. The molecule has 0 aliphatic heterocycles. The highest BCUT2D eigenvalue weighted by atomic mass is 32.1. The zero-order valence-electron chi connectivity index (χ0n) is 11.3. The Morgan fingerprint density at radius 1 is 1.05 bits per heavy atom. The van der Waals surface area contributed by atoms with E-state index < -0.39 is 5.41 Å². The largest absolute Gasteiger partial charge is 0.197 e. The lowest BCUT2D eigenvalue weighted by Gasteiger charge is -2.23. The van der Waals surface area contributed by atoms with Crippen LogP contribution in [0.4, 0.5) is 0 Å². The summed E-state index contributed by atoms with van der Waals surface area (Å²) in [5, 5.41) is 14.2. The Morgan fingerprint density at radius 3 is 2.60 bits per heavy atom. The van der Waals surface area contributed by atoms with Crippen molar-refractivity contribution in [2.45, 2.75) is 18.8 Å². The van der Waals surface area contributed by atoms with E-state index in [9.17, 15) is 5.26 Å². The molecule has 0 aliphatic carbocycles. The van der Waals surface area contributed by atoms with Crippen LogP contribution >= 0.6 is 11.3 Å². The van der Waals surface area contributed by atoms with Crippen LogP contribution in [0.25, 0.3) is 10.8 Å². The van der Waals surface area contributed by atoms with Gasteiger partial charge in [0.05, 0.1) is 11.5 Å². The monoisotopic (exact) mass is 277 g/mol. The fourth-order valence-corrected chi connectivity index (χ4v) is 3.52. The quantitative estimate of drug-likeness (QED) is 0.666. The maximum absolute atomic E-state index is 9.75. The maximum atomic E-state index is 9.75. The Morgan fingerprint density at radius 2 is 1.85 bits per heavy atom. The summed E-state index contributed by atoms with van der Waals surface area (Å²) in [6.45, 7) is 2.04. The van der Waals surface area contributed by atoms with Crippen molar-refractivity contribution in [3.63, 3.8) is 0 Å². The number of thiophene rings is 1. The molecule has 0 N–H and O–H groups in total. The first-order valence-corrected chi connectivity index (χ1v) is 7.53. The van der Waals surface area contributed by atoms with Gasteiger partial charge >= 0.3 is 0 Å². The summed E-state index contributed by atoms with van der Waals surface area (Å²) in [7, 11) is 0. The Labute approximate surface area is 123 Å². The van der Waals surface area contributed by atoms with Crippen LogP contribution in [0.15, 0.2) is 60.0 Å². The van der Waals surface area contributed by atoms with Gasteiger partial charge in [-0.15, -0.1) is 11.3 Å². The molecule has 20 heavy (non-hydrogen) atoms. The number of nitrogens with zero attached hydrogens (tertiary/aromatic N) is 1. The number of rotatable bonds is 3. The van der Waals surface area contributed by atoms with Crippen LogP contribution < -0.4 is 0 Å². The molecule has 1 aromatic heterocycles. The highest BCUT2D eigenvalue weighted by Crippen LogP contribution is 2.34. The Kier molecular flexibility index (Phi) is 3.30. The van der Waals surface area contributed by atoms with E-state index in [0.717, 1.165) is 12.0 Å². The minimum Gasteiger partial charge on any atom is -0.197 e. The van der Waals surface area contributed by atoms with Gasteiger partial charge in [-0.3, -0.25) is 0 Å². The van der Waals surface area contributed by atoms with E-state index in [1.807, 2.05) is 31.2 Å². The van der Waals surface area contributed by atoms with Crippen molar-refractivity contribution in [1.82, 2.24) is 0 Å². The van der Waals surface area contributed by atoms with Gasteiger partial charge in [0.2, 0.25) is 0 Å². The van der Waals surface area contributed by atoms with E-state index in [4.69, 9.17) is 0 Å². The number of benzene rings is 2. The van der Waals surface area contributed by atoms with E-state index >= 15 is 0 Å². The van der Waals surface area contributed by atoms with E-state index in [-0.39, 0.29) is 0 Å². The summed E-state index contributed by atoms with van der Waals surface area (Å²) >= 11 is 1.71. The molecule has 0 radical (unpaired) electrons. The average Bonchev–Trinajstić information content (AvgIpc) is 2.99. The van der Waals surface area contributed by atoms with Crippen molar-refractivity contribution in [1.29, 1.82) is 5.26 Å². The van der Waals surface area contributed by atoms with Gasteiger partial charge in [0.15, 0.2) is 0 Å². The predicted octanol–water partition coefficient (Wildman–Crippen LogP) is 4.93. The molecular formula is C18H15NS. The first kappa shape index (κ1) is 12.9. The highest BCUT2D eigenvalue weighted by molar-refractivity contribution is 7.09. The highest BCUT2D eigenvalue weighted by Gasteiger charge is 2.28. The van der Waals surface area contributed by atoms with Crippen LogP contribution in [-0.4, -0.2) is 0 Å². The van der Waals surface area contributed by atoms with E-state index in [1.54, 1.807) is 11.3 Å². The van der Waals surface area contributed by atoms with E-state index in [1.165, 1.54) is 15.6 Å². The van der Waals surface area contributed by atoms with Gasteiger partial charge < -0.3 is 0 Å². The Bertz CT molecular complexity index is 762. The van der Waals surface area contributed by atoms with Gasteiger partial charge in [-0.25, -0.2) is 0 Å². The van der Waals surface area contributed by atoms with Crippen LogP contribution in [0.1, 0.15) is 17.4 Å². The molecule has 1 unspecified atom stereocenters. The van der Waals surface area contributed by atoms with Crippen LogP contribution in [0.5, 0.6) is 0 Å². The Balaban J connectivity index is 2.14. The van der Waals surface area contributed by atoms with Crippen molar-refractivity contribution in [2.75, 3.05) is 0 Å². The first-order valence-electron chi connectivity index (χ1n) is 6.65. The van der Waals surface area contributed by atoms with Gasteiger partial charge in [-0.2, -0.15) is 5.26 Å². The third-order valence-electron chi connectivity index (χ3n) is 3.74. The van der Waals surface area contributed by atoms with Crippen LogP contribution in [0, 0.1) is 11.3 Å². The number of fused-ring (bicyclic) bond motifs is 1. The molecule has 98 valence electrons. The second-order valence-corrected chi connectivity index (χ2v) is 6.26. The summed E-state index contributed by atoms with van der Waals surface area (Å²) in [6, 6.07) is 21.2. The van der Waals surface area contributed by atoms with Crippen molar-refractivity contribution >= 4 is 22.1 Å². The molecule has 0 aliphatic rings. The van der Waals surface area contributed by atoms with E-state index in [2.05, 4.69) is 41.8 Å². The molecule has 0 saturated carbocycles. The standard InChI is InChI=1S/C18H15NS/c1-18(13-19,12-15-8-5-11-20-15)17-10-4-7-14-6-2-3-9-16(14)17/h2-11H,12H2,1H3. The molecule has 2 aromatic carbocycles. The molecule has 0 bridgehead atoms. The van der Waals surface area contributed by atoms with Gasteiger partial charge in [0.1, 0.15) is 0 Å². The molecule has 0 saturated heterocycles. The van der Waals surface area contributed by atoms with Crippen LogP contribution in [0.2, 0.25) is 0 Å². The molecule has 2 heteroatoms. The molecule has 3 rings (SSSR count). The van der Waals surface area contributed by atoms with Crippen LogP contribution in [-0.2, 0) is 11.8 Å². The summed E-state index contributed by atoms with van der Waals surface area (Å²) in [5.41, 5.74) is 0.623. The summed E-state index contributed by atoms with van der Waals surface area (Å²) < 4.78 is 0. The van der Waals surface area contributed by atoms with Gasteiger partial charge in [0, 0.05) is 11.3 Å². The van der Waals surface area contributed by atoms with E-state index in [0.29, 0.717) is 0 Å². The van der Waals surface area contributed by atoms with Gasteiger partial charge in [-0.05, 0) is 34.7 Å². The Hall–Kier alpha value is -2.11. The maximum Gasteiger partial charge on any atom is 0.0848 e. The lowest BCUT2D eigenvalue weighted by Crippen LogP contribution is -2.22. The molecule has 1 heterocycles. The van der Waals surface area contributed by atoms with Crippen molar-refractivity contribution in [3.05, 3.63) is 70.4 Å². The molecule has 1 nitrogen and oxygen atoms in total. The summed E-state index contributed by atoms with van der Waals surface area (Å²) in [5.74, 6) is 0. The van der Waals surface area contributed by atoms with Crippen LogP contribution in [0.3, 0.4) is 0 Å². The lowest BCUT2D eigenvalue weighted by molar-refractivity contribution is 0.618. The molecule has 0 spiro atoms. The average molecular weight is 277 g/mol. The molecule has 1 atom stereocenters. The topological polar surface area (TPSA) is 23.8 Å². The molecule has 3 aromatic rings. The second-order valence-electron chi connectivity index (χ2n) is 5.23. The normalized spacial score (nSPS) is 13.8. The second kappa shape index (κ2) is 5.11. The SMILES string of the molecule is CC(C#N)(Cc1cccs1)c1cccc2ccccc12. The molecular weight excluding hydrogens is 262 g/mol. The fraction of sp³-hybridized carbons (Fsp3) is 0.167. The van der Waals surface area contributed by atoms with Crippen molar-refractivity contribution < 1.29 is 0 Å². The zero-order chi connectivity index (χ0) is 14.0. The predicted molar refractivity (Wildman–Crippen MR) is 84.9 cm³/mol. The minimum absolute atomic E-state index is 0.494. The minimum atomic E-state index is -0.494. The first-order chi connectivity index (χ1) is 9.73. The fourth-order valence-electron chi connectivity index (χ4n) is 2.66. The smallest absolute Gasteiger partial charge is 0.0848 e. The summed E-state index contributed by atoms with van der Waals surface area (Å²) in [6.07, 6.45) is 0.759. The zero-order valence-corrected chi connectivity index (χ0v) is 12.2. The molecule has 0 fully saturated rings. The summed E-state index contributed by atoms with van der Waals surface area (Å²) in [4.78, 5) is 1.25. The third kappa shape index (κ3) is 2.21. The van der Waals surface area contributed by atoms with Crippen molar-refractivity contribution in [3.8, 4) is 6.07 Å². The number of nitriles is 1.